The Labute approximate surface area is 187 Å². The van der Waals surface area contributed by atoms with Gasteiger partial charge in [-0.3, -0.25) is 4.79 Å². The first-order chi connectivity index (χ1) is 15.6. The van der Waals surface area contributed by atoms with Crippen LogP contribution >= 0.6 is 0 Å². The van der Waals surface area contributed by atoms with E-state index in [1.54, 1.807) is 6.92 Å². The second kappa shape index (κ2) is 9.50. The molecule has 0 saturated carbocycles. The molecular weight excluding hydrogens is 400 g/mol. The molecule has 0 spiro atoms. The Bertz CT molecular complexity index is 1210. The molecule has 0 saturated heterocycles. The first-order valence-electron chi connectivity index (χ1n) is 10.4. The molecule has 4 rings (SSSR count). The molecule has 0 heterocycles. The summed E-state index contributed by atoms with van der Waals surface area (Å²) in [5.41, 5.74) is 5.79. The molecule has 0 unspecified atom stereocenters. The van der Waals surface area contributed by atoms with Crippen LogP contribution in [0.5, 0.6) is 11.5 Å². The smallest absolute Gasteiger partial charge is 0.168 e. The Morgan fingerprint density at radius 3 is 1.91 bits per heavy atom. The van der Waals surface area contributed by atoms with E-state index in [0.717, 1.165) is 22.3 Å². The number of benzene rings is 4. The largest absolute Gasteiger partial charge is 0.504 e. The molecule has 0 aliphatic heterocycles. The highest BCUT2D eigenvalue weighted by Gasteiger charge is 2.22. The molecule has 32 heavy (non-hydrogen) atoms. The molecule has 0 aromatic heterocycles. The number of rotatable bonds is 7. The lowest BCUT2D eigenvalue weighted by molar-refractivity contribution is 0.103. The summed E-state index contributed by atoms with van der Waals surface area (Å²) in [6.45, 7) is 2.21. The highest BCUT2D eigenvalue weighted by Crippen LogP contribution is 2.43. The number of phenolic OH excluding ortho intramolecular Hbond substituents is 2. The molecule has 0 bridgehead atoms. The number of carbonyl (C=O) groups is 1. The van der Waals surface area contributed by atoms with Gasteiger partial charge in [-0.05, 0) is 34.7 Å². The summed E-state index contributed by atoms with van der Waals surface area (Å²) < 4.78 is 5.90. The normalized spacial score (nSPS) is 10.8. The molecule has 4 heteroatoms. The lowest BCUT2D eigenvalue weighted by Crippen LogP contribution is -2.04. The predicted molar refractivity (Wildman–Crippen MR) is 126 cm³/mol. The van der Waals surface area contributed by atoms with Gasteiger partial charge in [0.1, 0.15) is 0 Å². The number of aldehydes is 1. The van der Waals surface area contributed by atoms with E-state index >= 15 is 0 Å². The monoisotopic (exact) mass is 424 g/mol. The van der Waals surface area contributed by atoms with E-state index in [1.807, 2.05) is 84.9 Å². The molecule has 0 atom stereocenters. The van der Waals surface area contributed by atoms with Crippen LogP contribution in [0.3, 0.4) is 0 Å². The summed E-state index contributed by atoms with van der Waals surface area (Å²) in [4.78, 5) is 11.8. The maximum atomic E-state index is 11.8. The zero-order valence-corrected chi connectivity index (χ0v) is 17.8. The number of ether oxygens (including phenoxy) is 1. The lowest BCUT2D eigenvalue weighted by Gasteiger charge is -2.19. The SMILES string of the molecule is Cc1c(O)c(O)c(C=O)c(COCc2ccccc2)c1-c1ccc(-c2ccccc2)cc1. The summed E-state index contributed by atoms with van der Waals surface area (Å²) in [7, 11) is 0. The van der Waals surface area contributed by atoms with Crippen LogP contribution < -0.4 is 0 Å². The fourth-order valence-corrected chi connectivity index (χ4v) is 3.90. The third-order valence-electron chi connectivity index (χ3n) is 5.59. The quantitative estimate of drug-likeness (QED) is 0.271. The number of hydrogen-bond acceptors (Lipinski definition) is 4. The summed E-state index contributed by atoms with van der Waals surface area (Å²) >= 11 is 0. The van der Waals surface area contributed by atoms with Gasteiger partial charge >= 0.3 is 0 Å². The van der Waals surface area contributed by atoms with Crippen molar-refractivity contribution < 1.29 is 19.7 Å². The fraction of sp³-hybridized carbons (Fsp3) is 0.107. The van der Waals surface area contributed by atoms with Crippen molar-refractivity contribution >= 4 is 6.29 Å². The Balaban J connectivity index is 1.73. The van der Waals surface area contributed by atoms with Crippen molar-refractivity contribution in [3.8, 4) is 33.8 Å². The minimum absolute atomic E-state index is 0.0447. The number of carbonyl (C=O) groups excluding carboxylic acids is 1. The van der Waals surface area contributed by atoms with Crippen LogP contribution in [0.1, 0.15) is 27.0 Å². The van der Waals surface area contributed by atoms with E-state index in [1.165, 1.54) is 0 Å². The molecule has 4 aromatic rings. The second-order valence-corrected chi connectivity index (χ2v) is 7.63. The third-order valence-corrected chi connectivity index (χ3v) is 5.59. The van der Waals surface area contributed by atoms with Crippen molar-refractivity contribution in [2.24, 2.45) is 0 Å². The van der Waals surface area contributed by atoms with E-state index in [0.29, 0.717) is 29.6 Å². The first kappa shape index (κ1) is 21.3. The maximum absolute atomic E-state index is 11.8. The molecule has 2 N–H and O–H groups in total. The van der Waals surface area contributed by atoms with E-state index in [-0.39, 0.29) is 17.9 Å². The summed E-state index contributed by atoms with van der Waals surface area (Å²) in [6, 6.07) is 27.7. The third kappa shape index (κ3) is 4.27. The molecule has 0 fully saturated rings. The van der Waals surface area contributed by atoms with Gasteiger partial charge in [0.05, 0.1) is 18.8 Å². The van der Waals surface area contributed by atoms with Crippen molar-refractivity contribution in [2.75, 3.05) is 0 Å². The van der Waals surface area contributed by atoms with Crippen molar-refractivity contribution in [1.29, 1.82) is 0 Å². The topological polar surface area (TPSA) is 66.8 Å². The minimum atomic E-state index is -0.416. The molecule has 0 amide bonds. The van der Waals surface area contributed by atoms with Crippen LogP contribution in [-0.2, 0) is 18.0 Å². The Morgan fingerprint density at radius 2 is 1.28 bits per heavy atom. The van der Waals surface area contributed by atoms with E-state index < -0.39 is 5.75 Å². The van der Waals surface area contributed by atoms with Gasteiger partial charge in [-0.15, -0.1) is 0 Å². The van der Waals surface area contributed by atoms with E-state index in [2.05, 4.69) is 0 Å². The van der Waals surface area contributed by atoms with Gasteiger partial charge in [0.15, 0.2) is 17.8 Å². The summed E-state index contributed by atoms with van der Waals surface area (Å²) in [5.74, 6) is -0.707. The van der Waals surface area contributed by atoms with Gasteiger partial charge in [0.25, 0.3) is 0 Å². The molecular formula is C28H24O4. The standard InChI is InChI=1S/C28H24O4/c1-19-26(23-14-12-22(13-15-23)21-10-6-3-7-11-21)25(24(16-29)28(31)27(19)30)18-32-17-20-8-4-2-5-9-20/h2-16,30-31H,17-18H2,1H3. The Kier molecular flexibility index (Phi) is 6.34. The predicted octanol–water partition coefficient (Wildman–Crippen LogP) is 6.27. The van der Waals surface area contributed by atoms with Crippen molar-refractivity contribution in [3.63, 3.8) is 0 Å². The van der Waals surface area contributed by atoms with Crippen molar-refractivity contribution in [2.45, 2.75) is 20.1 Å². The average Bonchev–Trinajstić information content (AvgIpc) is 2.84. The highest BCUT2D eigenvalue weighted by molar-refractivity contribution is 5.90. The van der Waals surface area contributed by atoms with Gasteiger partial charge in [-0.25, -0.2) is 0 Å². The van der Waals surface area contributed by atoms with Gasteiger partial charge in [0.2, 0.25) is 0 Å². The van der Waals surface area contributed by atoms with Crippen LogP contribution in [0.15, 0.2) is 84.9 Å². The van der Waals surface area contributed by atoms with Gasteiger partial charge < -0.3 is 14.9 Å². The number of aromatic hydroxyl groups is 2. The average molecular weight is 424 g/mol. The Morgan fingerprint density at radius 1 is 0.719 bits per heavy atom. The van der Waals surface area contributed by atoms with Crippen molar-refractivity contribution in [1.82, 2.24) is 0 Å². The minimum Gasteiger partial charge on any atom is -0.504 e. The van der Waals surface area contributed by atoms with Crippen molar-refractivity contribution in [3.05, 3.63) is 107 Å². The van der Waals surface area contributed by atoms with Gasteiger partial charge in [0, 0.05) is 11.1 Å². The highest BCUT2D eigenvalue weighted by atomic mass is 16.5. The van der Waals surface area contributed by atoms with Crippen LogP contribution in [0.2, 0.25) is 0 Å². The molecule has 4 nitrogen and oxygen atoms in total. The van der Waals surface area contributed by atoms with E-state index in [9.17, 15) is 15.0 Å². The molecule has 160 valence electrons. The van der Waals surface area contributed by atoms with Gasteiger partial charge in [-0.2, -0.15) is 0 Å². The first-order valence-corrected chi connectivity index (χ1v) is 10.4. The zero-order chi connectivity index (χ0) is 22.5. The molecule has 0 aliphatic rings. The van der Waals surface area contributed by atoms with Crippen LogP contribution in [-0.4, -0.2) is 16.5 Å². The fourth-order valence-electron chi connectivity index (χ4n) is 3.90. The molecule has 4 aromatic carbocycles. The van der Waals surface area contributed by atoms with Crippen LogP contribution in [0, 0.1) is 6.92 Å². The van der Waals surface area contributed by atoms with E-state index in [4.69, 9.17) is 4.74 Å². The second-order valence-electron chi connectivity index (χ2n) is 7.63. The number of hydrogen-bond donors (Lipinski definition) is 2. The Hall–Kier alpha value is -3.89. The summed E-state index contributed by atoms with van der Waals surface area (Å²) in [5, 5.41) is 20.9. The summed E-state index contributed by atoms with van der Waals surface area (Å²) in [6.07, 6.45) is 0.567. The molecule has 0 aliphatic carbocycles. The number of phenols is 2. The maximum Gasteiger partial charge on any atom is 0.168 e. The van der Waals surface area contributed by atoms with Gasteiger partial charge in [-0.1, -0.05) is 84.9 Å². The van der Waals surface area contributed by atoms with Crippen LogP contribution in [0.25, 0.3) is 22.3 Å². The van der Waals surface area contributed by atoms with Crippen LogP contribution in [0.4, 0.5) is 0 Å². The lowest BCUT2D eigenvalue weighted by atomic mass is 9.89. The molecule has 0 radical (unpaired) electrons. The zero-order valence-electron chi connectivity index (χ0n) is 17.8.